The molecule has 6 nitrogen and oxygen atoms in total. The number of ether oxygens (including phenoxy) is 1. The van der Waals surface area contributed by atoms with Gasteiger partial charge in [0.1, 0.15) is 17.3 Å². The van der Waals surface area contributed by atoms with Gasteiger partial charge in [0.15, 0.2) is 0 Å². The van der Waals surface area contributed by atoms with Crippen molar-refractivity contribution in [2.24, 2.45) is 0 Å². The molecule has 0 saturated heterocycles. The Labute approximate surface area is 343 Å². The van der Waals surface area contributed by atoms with E-state index in [1.54, 1.807) is 0 Å². The lowest BCUT2D eigenvalue weighted by Crippen LogP contribution is -2.40. The zero-order chi connectivity index (χ0) is 41.2. The van der Waals surface area contributed by atoms with Crippen LogP contribution in [0.1, 0.15) is 104 Å². The summed E-state index contributed by atoms with van der Waals surface area (Å²) in [6, 6.07) is 44.9. The minimum atomic E-state index is -0.241. The van der Waals surface area contributed by atoms with Crippen LogP contribution in [0.3, 0.4) is 0 Å². The topological polar surface area (TPSA) is 48.8 Å². The summed E-state index contributed by atoms with van der Waals surface area (Å²) >= 11 is 0. The SMILES string of the molecule is CC(C)(C)c1cc(-[n+]2[c-]n(-c3cccc(Oc4ccc5c6ccccc6n(-c6cc(C(C)(C)c7ccccc7)ccn6)c5c4)c3)nc2C(C)(C)C)cc(C(C)(C)C)c1. The fourth-order valence-corrected chi connectivity index (χ4v) is 7.72. The second-order valence-electron chi connectivity index (χ2n) is 19.2. The molecule has 0 bridgehead atoms. The van der Waals surface area contributed by atoms with E-state index in [1.165, 1.54) is 27.6 Å². The van der Waals surface area contributed by atoms with Gasteiger partial charge >= 0.3 is 0 Å². The van der Waals surface area contributed by atoms with Crippen molar-refractivity contribution in [2.45, 2.75) is 97.8 Å². The molecule has 3 heterocycles. The van der Waals surface area contributed by atoms with Crippen molar-refractivity contribution in [1.29, 1.82) is 0 Å². The van der Waals surface area contributed by atoms with Crippen molar-refractivity contribution >= 4 is 21.8 Å². The first-order chi connectivity index (χ1) is 27.4. The van der Waals surface area contributed by atoms with E-state index in [0.717, 1.165) is 45.2 Å². The molecule has 0 amide bonds. The van der Waals surface area contributed by atoms with Crippen LogP contribution in [0.5, 0.6) is 11.5 Å². The highest BCUT2D eigenvalue weighted by atomic mass is 16.5. The zero-order valence-corrected chi connectivity index (χ0v) is 35.8. The first-order valence-electron chi connectivity index (χ1n) is 20.3. The Balaban J connectivity index is 1.18. The summed E-state index contributed by atoms with van der Waals surface area (Å²) in [5.41, 5.74) is 8.60. The third-order valence-electron chi connectivity index (χ3n) is 11.3. The molecular formula is C52H55N5O. The van der Waals surface area contributed by atoms with E-state index in [2.05, 4.69) is 201 Å². The van der Waals surface area contributed by atoms with Gasteiger partial charge in [-0.1, -0.05) is 155 Å². The lowest BCUT2D eigenvalue weighted by Gasteiger charge is -2.27. The van der Waals surface area contributed by atoms with E-state index in [-0.39, 0.29) is 21.7 Å². The Morgan fingerprint density at radius 1 is 0.534 bits per heavy atom. The van der Waals surface area contributed by atoms with Crippen LogP contribution >= 0.6 is 0 Å². The number of pyridine rings is 1. The summed E-state index contributed by atoms with van der Waals surface area (Å²) in [5.74, 6) is 3.24. The van der Waals surface area contributed by atoms with E-state index < -0.39 is 0 Å². The van der Waals surface area contributed by atoms with Crippen LogP contribution < -0.4 is 9.30 Å². The molecule has 0 fully saturated rings. The molecule has 3 aromatic heterocycles. The van der Waals surface area contributed by atoms with E-state index >= 15 is 0 Å². The number of hydrogen-bond acceptors (Lipinski definition) is 3. The summed E-state index contributed by atoms with van der Waals surface area (Å²) in [4.78, 5) is 4.94. The van der Waals surface area contributed by atoms with E-state index in [1.807, 2.05) is 29.1 Å². The van der Waals surface area contributed by atoms with Gasteiger partial charge < -0.3 is 9.30 Å². The molecule has 8 aromatic rings. The maximum absolute atomic E-state index is 6.67. The standard InChI is InChI=1S/C52H55N5O/c1-49(2,3)37-28-38(50(4,5)6)30-40(29-37)55-34-56(54-48(55)51(7,8)9)39-20-17-21-41(32-39)58-42-24-25-44-43-22-15-16-23-45(43)57(46(44)33-42)47-31-36(26-27-53-47)52(10,11)35-18-13-12-14-19-35/h12-33H,1-11H3. The maximum Gasteiger partial charge on any atom is 0.212 e. The molecule has 5 aromatic carbocycles. The molecule has 0 spiro atoms. The number of nitrogens with zero attached hydrogens (tertiary/aromatic N) is 5. The Kier molecular flexibility index (Phi) is 9.46. The van der Waals surface area contributed by atoms with E-state index in [4.69, 9.17) is 14.8 Å². The van der Waals surface area contributed by atoms with Gasteiger partial charge in [-0.3, -0.25) is 4.57 Å². The number of fused-ring (bicyclic) bond motifs is 3. The molecule has 0 aliphatic carbocycles. The Hall–Kier alpha value is -6.01. The van der Waals surface area contributed by atoms with Crippen LogP contribution in [0.2, 0.25) is 0 Å². The summed E-state index contributed by atoms with van der Waals surface area (Å²) in [7, 11) is 0. The molecule has 294 valence electrons. The van der Waals surface area contributed by atoms with Gasteiger partial charge in [-0.25, -0.2) is 4.98 Å². The summed E-state index contributed by atoms with van der Waals surface area (Å²) in [5, 5.41) is 7.48. The van der Waals surface area contributed by atoms with Gasteiger partial charge in [0, 0.05) is 39.6 Å². The average molecular weight is 766 g/mol. The highest BCUT2D eigenvalue weighted by Gasteiger charge is 2.28. The van der Waals surface area contributed by atoms with Gasteiger partial charge in [0.05, 0.1) is 16.7 Å². The zero-order valence-electron chi connectivity index (χ0n) is 35.8. The highest BCUT2D eigenvalue weighted by molar-refractivity contribution is 6.09. The van der Waals surface area contributed by atoms with Crippen molar-refractivity contribution < 1.29 is 9.30 Å². The molecule has 0 saturated carbocycles. The van der Waals surface area contributed by atoms with Crippen molar-refractivity contribution in [3.8, 4) is 28.7 Å². The summed E-state index contributed by atoms with van der Waals surface area (Å²) < 4.78 is 12.9. The van der Waals surface area contributed by atoms with Crippen LogP contribution in [-0.2, 0) is 21.7 Å². The third kappa shape index (κ3) is 7.32. The maximum atomic E-state index is 6.67. The molecule has 58 heavy (non-hydrogen) atoms. The van der Waals surface area contributed by atoms with Crippen LogP contribution in [0.15, 0.2) is 134 Å². The largest absolute Gasteiger partial charge is 0.458 e. The molecular weight excluding hydrogens is 711 g/mol. The van der Waals surface area contributed by atoms with Crippen molar-refractivity contribution in [1.82, 2.24) is 19.3 Å². The van der Waals surface area contributed by atoms with Crippen LogP contribution in [0.25, 0.3) is 39.0 Å². The minimum Gasteiger partial charge on any atom is -0.458 e. The van der Waals surface area contributed by atoms with Crippen LogP contribution in [-0.4, -0.2) is 19.3 Å². The summed E-state index contributed by atoms with van der Waals surface area (Å²) in [6.07, 6.45) is 5.54. The molecule has 0 aliphatic heterocycles. The fraction of sp³-hybridized carbons (Fsp3) is 0.288. The fourth-order valence-electron chi connectivity index (χ4n) is 7.72. The average Bonchev–Trinajstić information content (AvgIpc) is 3.79. The van der Waals surface area contributed by atoms with Crippen molar-refractivity contribution in [2.75, 3.05) is 0 Å². The Bertz CT molecular complexity index is 2750. The van der Waals surface area contributed by atoms with Gasteiger partial charge in [-0.2, -0.15) is 4.68 Å². The molecule has 6 heteroatoms. The first-order valence-corrected chi connectivity index (χ1v) is 20.3. The smallest absolute Gasteiger partial charge is 0.212 e. The quantitative estimate of drug-likeness (QED) is 0.120. The lowest BCUT2D eigenvalue weighted by atomic mass is 9.78. The van der Waals surface area contributed by atoms with E-state index in [9.17, 15) is 0 Å². The monoisotopic (exact) mass is 765 g/mol. The highest BCUT2D eigenvalue weighted by Crippen LogP contribution is 2.38. The van der Waals surface area contributed by atoms with Gasteiger partial charge in [0.2, 0.25) is 12.2 Å². The Morgan fingerprint density at radius 2 is 1.19 bits per heavy atom. The Morgan fingerprint density at radius 3 is 1.88 bits per heavy atom. The number of rotatable bonds is 7. The molecule has 0 radical (unpaired) electrons. The number of para-hydroxylation sites is 1. The molecule has 0 aliphatic rings. The van der Waals surface area contributed by atoms with Gasteiger partial charge in [-0.05, 0) is 80.6 Å². The van der Waals surface area contributed by atoms with Gasteiger partial charge in [0.25, 0.3) is 0 Å². The minimum absolute atomic E-state index is 0.0165. The van der Waals surface area contributed by atoms with E-state index in [0.29, 0.717) is 5.75 Å². The van der Waals surface area contributed by atoms with Crippen LogP contribution in [0, 0.1) is 6.33 Å². The predicted molar refractivity (Wildman–Crippen MR) is 237 cm³/mol. The number of aromatic nitrogens is 5. The number of hydrogen-bond donors (Lipinski definition) is 0. The second kappa shape index (κ2) is 14.1. The van der Waals surface area contributed by atoms with Crippen LogP contribution in [0.4, 0.5) is 0 Å². The molecule has 0 unspecified atom stereocenters. The lowest BCUT2D eigenvalue weighted by molar-refractivity contribution is -0.613. The van der Waals surface area contributed by atoms with Gasteiger partial charge in [-0.15, -0.1) is 0 Å². The van der Waals surface area contributed by atoms with Crippen molar-refractivity contribution in [3.05, 3.63) is 168 Å². The third-order valence-corrected chi connectivity index (χ3v) is 11.3. The molecule has 8 rings (SSSR count). The molecule has 0 N–H and O–H groups in total. The number of benzene rings is 5. The second-order valence-corrected chi connectivity index (χ2v) is 19.2. The molecule has 0 atom stereocenters. The first kappa shape index (κ1) is 38.8. The van der Waals surface area contributed by atoms with Crippen molar-refractivity contribution in [3.63, 3.8) is 0 Å². The summed E-state index contributed by atoms with van der Waals surface area (Å²) in [6.45, 7) is 24.8. The predicted octanol–water partition coefficient (Wildman–Crippen LogP) is 12.5. The normalized spacial score (nSPS) is 12.7.